The Kier molecular flexibility index (Phi) is 3.19. The number of rotatable bonds is 3. The molecule has 78 valence electrons. The van der Waals surface area contributed by atoms with Crippen LogP contribution in [0.4, 0.5) is 14.6 Å². The molecular formula is C8H10F2N2O2. The van der Waals surface area contributed by atoms with E-state index in [-0.39, 0.29) is 23.9 Å². The van der Waals surface area contributed by atoms with Crippen LogP contribution in [-0.4, -0.2) is 17.2 Å². The summed E-state index contributed by atoms with van der Waals surface area (Å²) in [6.07, 6.45) is -2.75. The number of nitrogens with two attached hydrogens (primary N) is 1. The number of hydrogen-bond acceptors (Lipinski definition) is 4. The van der Waals surface area contributed by atoms with Gasteiger partial charge < -0.3 is 15.6 Å². The SMILES string of the molecule is COc1cc(CO)nc(N)c1C(F)F. The van der Waals surface area contributed by atoms with Crippen LogP contribution in [0, 0.1) is 0 Å². The summed E-state index contributed by atoms with van der Waals surface area (Å²) in [6.45, 7) is -0.371. The van der Waals surface area contributed by atoms with E-state index in [4.69, 9.17) is 15.6 Å². The van der Waals surface area contributed by atoms with E-state index < -0.39 is 12.0 Å². The minimum Gasteiger partial charge on any atom is -0.496 e. The first-order chi connectivity index (χ1) is 6.60. The molecule has 0 radical (unpaired) electrons. The molecule has 0 amide bonds. The lowest BCUT2D eigenvalue weighted by atomic mass is 10.2. The van der Waals surface area contributed by atoms with E-state index in [0.29, 0.717) is 0 Å². The summed E-state index contributed by atoms with van der Waals surface area (Å²) >= 11 is 0. The Morgan fingerprint density at radius 1 is 1.64 bits per heavy atom. The summed E-state index contributed by atoms with van der Waals surface area (Å²) in [6, 6.07) is 1.23. The number of aliphatic hydroxyl groups excluding tert-OH is 1. The summed E-state index contributed by atoms with van der Waals surface area (Å²) < 4.78 is 29.6. The first kappa shape index (κ1) is 10.6. The topological polar surface area (TPSA) is 68.4 Å². The fourth-order valence-electron chi connectivity index (χ4n) is 1.07. The normalized spacial score (nSPS) is 10.6. The van der Waals surface area contributed by atoms with Crippen molar-refractivity contribution in [2.45, 2.75) is 13.0 Å². The lowest BCUT2D eigenvalue weighted by molar-refractivity contribution is 0.147. The summed E-state index contributed by atoms with van der Waals surface area (Å²) in [5, 5.41) is 8.75. The van der Waals surface area contributed by atoms with Crippen molar-refractivity contribution in [3.8, 4) is 5.75 Å². The van der Waals surface area contributed by atoms with E-state index in [0.717, 1.165) is 0 Å². The van der Waals surface area contributed by atoms with Crippen LogP contribution in [0.2, 0.25) is 0 Å². The molecule has 0 aliphatic heterocycles. The number of nitrogen functional groups attached to an aromatic ring is 1. The van der Waals surface area contributed by atoms with Crippen LogP contribution in [0.25, 0.3) is 0 Å². The molecule has 14 heavy (non-hydrogen) atoms. The van der Waals surface area contributed by atoms with Crippen molar-refractivity contribution >= 4 is 5.82 Å². The Morgan fingerprint density at radius 2 is 2.29 bits per heavy atom. The number of ether oxygens (including phenoxy) is 1. The second-order valence-electron chi connectivity index (χ2n) is 2.57. The maximum absolute atomic E-state index is 12.4. The van der Waals surface area contributed by atoms with E-state index in [9.17, 15) is 8.78 Å². The Labute approximate surface area is 79.3 Å². The van der Waals surface area contributed by atoms with E-state index in [1.807, 2.05) is 0 Å². The molecule has 0 fully saturated rings. The van der Waals surface area contributed by atoms with Gasteiger partial charge in [-0.2, -0.15) is 0 Å². The number of hydrogen-bond donors (Lipinski definition) is 2. The minimum atomic E-state index is -2.75. The highest BCUT2D eigenvalue weighted by Gasteiger charge is 2.19. The standard InChI is InChI=1S/C8H10F2N2O2/c1-14-5-2-4(3-13)12-8(11)6(5)7(9)10/h2,7,13H,3H2,1H3,(H2,11,12). The molecule has 6 heteroatoms. The predicted molar refractivity (Wildman–Crippen MR) is 46.1 cm³/mol. The molecule has 1 aromatic heterocycles. The average molecular weight is 204 g/mol. The average Bonchev–Trinajstić information content (AvgIpc) is 2.15. The molecule has 0 atom stereocenters. The number of alkyl halides is 2. The van der Waals surface area contributed by atoms with Crippen LogP contribution < -0.4 is 10.5 Å². The van der Waals surface area contributed by atoms with Gasteiger partial charge in [-0.05, 0) is 0 Å². The Bertz CT molecular complexity index is 331. The van der Waals surface area contributed by atoms with Crippen molar-refractivity contribution < 1.29 is 18.6 Å². The molecule has 1 heterocycles. The first-order valence-corrected chi connectivity index (χ1v) is 3.82. The van der Waals surface area contributed by atoms with E-state index in [1.54, 1.807) is 0 Å². The van der Waals surface area contributed by atoms with E-state index >= 15 is 0 Å². The van der Waals surface area contributed by atoms with Crippen LogP contribution in [0.1, 0.15) is 17.7 Å². The third kappa shape index (κ3) is 1.90. The largest absolute Gasteiger partial charge is 0.496 e. The summed E-state index contributed by atoms with van der Waals surface area (Å²) in [5.41, 5.74) is 5.05. The number of aliphatic hydroxyl groups is 1. The van der Waals surface area contributed by atoms with Crippen molar-refractivity contribution in [1.29, 1.82) is 0 Å². The summed E-state index contributed by atoms with van der Waals surface area (Å²) in [4.78, 5) is 3.59. The number of aromatic nitrogens is 1. The molecule has 0 unspecified atom stereocenters. The Hall–Kier alpha value is -1.43. The molecule has 0 saturated heterocycles. The highest BCUT2D eigenvalue weighted by atomic mass is 19.3. The first-order valence-electron chi connectivity index (χ1n) is 3.82. The number of nitrogens with zero attached hydrogens (tertiary/aromatic N) is 1. The lowest BCUT2D eigenvalue weighted by Gasteiger charge is -2.11. The van der Waals surface area contributed by atoms with Gasteiger partial charge >= 0.3 is 0 Å². The van der Waals surface area contributed by atoms with Crippen LogP contribution in [-0.2, 0) is 6.61 Å². The van der Waals surface area contributed by atoms with Crippen molar-refractivity contribution in [3.63, 3.8) is 0 Å². The van der Waals surface area contributed by atoms with Gasteiger partial charge in [-0.3, -0.25) is 0 Å². The molecule has 0 aromatic carbocycles. The van der Waals surface area contributed by atoms with E-state index in [1.165, 1.54) is 13.2 Å². The summed E-state index contributed by atoms with van der Waals surface area (Å²) in [7, 11) is 1.25. The zero-order valence-corrected chi connectivity index (χ0v) is 7.50. The lowest BCUT2D eigenvalue weighted by Crippen LogP contribution is -2.04. The highest BCUT2D eigenvalue weighted by Crippen LogP contribution is 2.33. The van der Waals surface area contributed by atoms with Gasteiger partial charge in [-0.1, -0.05) is 0 Å². The highest BCUT2D eigenvalue weighted by molar-refractivity contribution is 5.50. The number of anilines is 1. The van der Waals surface area contributed by atoms with Gasteiger partial charge in [0, 0.05) is 6.07 Å². The number of halogens is 2. The zero-order chi connectivity index (χ0) is 10.7. The zero-order valence-electron chi connectivity index (χ0n) is 7.50. The fourth-order valence-corrected chi connectivity index (χ4v) is 1.07. The third-order valence-corrected chi connectivity index (χ3v) is 1.70. The predicted octanol–water partition coefficient (Wildman–Crippen LogP) is 1.10. The number of pyridine rings is 1. The molecule has 0 spiro atoms. The van der Waals surface area contributed by atoms with Crippen LogP contribution in [0.5, 0.6) is 5.75 Å². The molecule has 0 saturated carbocycles. The smallest absolute Gasteiger partial charge is 0.270 e. The van der Waals surface area contributed by atoms with Gasteiger partial charge in [-0.25, -0.2) is 13.8 Å². The summed E-state index contributed by atoms with van der Waals surface area (Å²) in [5.74, 6) is -0.375. The van der Waals surface area contributed by atoms with E-state index in [2.05, 4.69) is 4.98 Å². The van der Waals surface area contributed by atoms with Crippen molar-refractivity contribution in [2.24, 2.45) is 0 Å². The molecule has 1 rings (SSSR count). The molecule has 4 nitrogen and oxygen atoms in total. The van der Waals surface area contributed by atoms with Crippen molar-refractivity contribution in [1.82, 2.24) is 4.98 Å². The molecule has 1 aromatic rings. The van der Waals surface area contributed by atoms with Gasteiger partial charge in [0.25, 0.3) is 6.43 Å². The monoisotopic (exact) mass is 204 g/mol. The van der Waals surface area contributed by atoms with Gasteiger partial charge in [0.1, 0.15) is 17.1 Å². The molecule has 0 bridgehead atoms. The minimum absolute atomic E-state index is 0.0587. The van der Waals surface area contributed by atoms with Gasteiger partial charge in [0.05, 0.1) is 19.4 Å². The third-order valence-electron chi connectivity index (χ3n) is 1.70. The molecule has 0 aliphatic carbocycles. The van der Waals surface area contributed by atoms with Gasteiger partial charge in [0.15, 0.2) is 0 Å². The number of methoxy groups -OCH3 is 1. The quantitative estimate of drug-likeness (QED) is 0.773. The Morgan fingerprint density at radius 3 is 2.71 bits per heavy atom. The Balaban J connectivity index is 3.27. The van der Waals surface area contributed by atoms with Crippen LogP contribution in [0.3, 0.4) is 0 Å². The maximum atomic E-state index is 12.4. The molecule has 0 aliphatic rings. The van der Waals surface area contributed by atoms with Crippen molar-refractivity contribution in [2.75, 3.05) is 12.8 Å². The molecular weight excluding hydrogens is 194 g/mol. The molecule has 3 N–H and O–H groups in total. The van der Waals surface area contributed by atoms with Gasteiger partial charge in [0.2, 0.25) is 0 Å². The van der Waals surface area contributed by atoms with Crippen LogP contribution in [0.15, 0.2) is 6.07 Å². The fraction of sp³-hybridized carbons (Fsp3) is 0.375. The second kappa shape index (κ2) is 4.19. The second-order valence-corrected chi connectivity index (χ2v) is 2.57. The maximum Gasteiger partial charge on any atom is 0.270 e. The van der Waals surface area contributed by atoms with Crippen LogP contribution >= 0.6 is 0 Å². The van der Waals surface area contributed by atoms with Crippen molar-refractivity contribution in [3.05, 3.63) is 17.3 Å². The van der Waals surface area contributed by atoms with Gasteiger partial charge in [-0.15, -0.1) is 0 Å².